The summed E-state index contributed by atoms with van der Waals surface area (Å²) in [5.41, 5.74) is 1.28. The zero-order valence-electron chi connectivity index (χ0n) is 22.6. The molecule has 0 radical (unpaired) electrons. The number of carbonyl (C=O) groups excluding carboxylic acids is 2. The average molecular weight is 535 g/mol. The van der Waals surface area contributed by atoms with Crippen LogP contribution in [0.15, 0.2) is 41.3 Å². The quantitative estimate of drug-likeness (QED) is 0.292. The van der Waals surface area contributed by atoms with Gasteiger partial charge in [-0.3, -0.25) is 9.59 Å². The molecule has 5 rings (SSSR count). The standard InChI is InChI=1S/C29H34N4O6/c1-18(12-25(35)24-16-37-26(32-24)13-19(2)34)21-6-8-22(9-7-21)39-23-10-11-33(14-23)28-27(36-3)29(31-17-30-28)38-15-20-4-5-20/h6-9,16-18,20,23H,4-5,10-15H2,1-3H3/t18-,23-/m1/s1. The van der Waals surface area contributed by atoms with E-state index >= 15 is 0 Å². The van der Waals surface area contributed by atoms with Crippen molar-refractivity contribution < 1.29 is 28.2 Å². The van der Waals surface area contributed by atoms with E-state index in [0.29, 0.717) is 30.7 Å². The van der Waals surface area contributed by atoms with Crippen molar-refractivity contribution in [1.82, 2.24) is 15.0 Å². The summed E-state index contributed by atoms with van der Waals surface area (Å²) in [6, 6.07) is 7.85. The highest BCUT2D eigenvalue weighted by molar-refractivity contribution is 5.94. The van der Waals surface area contributed by atoms with Crippen molar-refractivity contribution in [2.45, 2.75) is 58.0 Å². The van der Waals surface area contributed by atoms with Crippen LogP contribution < -0.4 is 19.1 Å². The number of anilines is 1. The number of ketones is 2. The molecule has 2 fully saturated rings. The Labute approximate surface area is 227 Å². The summed E-state index contributed by atoms with van der Waals surface area (Å²) in [4.78, 5) is 38.9. The van der Waals surface area contributed by atoms with E-state index in [4.69, 9.17) is 18.6 Å². The molecule has 3 heterocycles. The van der Waals surface area contributed by atoms with Gasteiger partial charge in [0.2, 0.25) is 11.6 Å². The van der Waals surface area contributed by atoms with E-state index in [1.54, 1.807) is 7.11 Å². The molecule has 2 atom stereocenters. The normalized spacial score (nSPS) is 17.6. The van der Waals surface area contributed by atoms with Gasteiger partial charge in [-0.15, -0.1) is 0 Å². The topological polar surface area (TPSA) is 117 Å². The van der Waals surface area contributed by atoms with Crippen LogP contribution in [-0.2, 0) is 11.2 Å². The molecule has 1 saturated carbocycles. The Kier molecular flexibility index (Phi) is 8.09. The van der Waals surface area contributed by atoms with Gasteiger partial charge in [-0.05, 0) is 49.3 Å². The Morgan fingerprint density at radius 3 is 2.67 bits per heavy atom. The minimum atomic E-state index is -0.117. The molecular weight excluding hydrogens is 500 g/mol. The van der Waals surface area contributed by atoms with Crippen molar-refractivity contribution in [3.63, 3.8) is 0 Å². The first-order valence-electron chi connectivity index (χ1n) is 13.4. The van der Waals surface area contributed by atoms with Gasteiger partial charge < -0.3 is 23.5 Å². The fourth-order valence-corrected chi connectivity index (χ4v) is 4.65. The number of methoxy groups -OCH3 is 1. The Morgan fingerprint density at radius 1 is 1.15 bits per heavy atom. The number of ether oxygens (including phenoxy) is 3. The molecule has 1 aliphatic carbocycles. The lowest BCUT2D eigenvalue weighted by Crippen LogP contribution is -2.26. The summed E-state index contributed by atoms with van der Waals surface area (Å²) in [5.74, 6) is 3.25. The number of nitrogens with zero attached hydrogens (tertiary/aromatic N) is 4. The van der Waals surface area contributed by atoms with Crippen LogP contribution >= 0.6 is 0 Å². The summed E-state index contributed by atoms with van der Waals surface area (Å²) in [6.45, 7) is 5.57. The number of oxazole rings is 1. The number of aromatic nitrogens is 3. The lowest BCUT2D eigenvalue weighted by Gasteiger charge is -2.21. The summed E-state index contributed by atoms with van der Waals surface area (Å²) < 4.78 is 23.0. The lowest BCUT2D eigenvalue weighted by atomic mass is 9.95. The Hall–Kier alpha value is -3.95. The summed E-state index contributed by atoms with van der Waals surface area (Å²) in [5, 5.41) is 0. The minimum absolute atomic E-state index is 0.00159. The van der Waals surface area contributed by atoms with Crippen molar-refractivity contribution in [2.75, 3.05) is 31.7 Å². The predicted molar refractivity (Wildman–Crippen MR) is 143 cm³/mol. The van der Waals surface area contributed by atoms with Crippen molar-refractivity contribution in [3.8, 4) is 17.4 Å². The van der Waals surface area contributed by atoms with E-state index in [1.807, 2.05) is 31.2 Å². The molecule has 39 heavy (non-hydrogen) atoms. The zero-order valence-corrected chi connectivity index (χ0v) is 22.6. The molecule has 0 N–H and O–H groups in total. The number of hydrogen-bond acceptors (Lipinski definition) is 10. The molecule has 0 unspecified atom stereocenters. The van der Waals surface area contributed by atoms with Gasteiger partial charge in [-0.1, -0.05) is 19.1 Å². The molecular formula is C29H34N4O6. The maximum Gasteiger partial charge on any atom is 0.262 e. The van der Waals surface area contributed by atoms with Gasteiger partial charge in [0.15, 0.2) is 11.6 Å². The van der Waals surface area contributed by atoms with Gasteiger partial charge in [0.05, 0.1) is 26.7 Å². The molecule has 3 aromatic rings. The number of carbonyl (C=O) groups is 2. The van der Waals surface area contributed by atoms with E-state index in [-0.39, 0.29) is 48.0 Å². The highest BCUT2D eigenvalue weighted by Gasteiger charge is 2.30. The zero-order chi connectivity index (χ0) is 27.4. The molecule has 0 amide bonds. The molecule has 1 saturated heterocycles. The number of rotatable bonds is 13. The van der Waals surface area contributed by atoms with Crippen molar-refractivity contribution in [3.05, 3.63) is 54.0 Å². The van der Waals surface area contributed by atoms with Crippen LogP contribution in [0, 0.1) is 5.92 Å². The smallest absolute Gasteiger partial charge is 0.262 e. The monoisotopic (exact) mass is 534 g/mol. The Bertz CT molecular complexity index is 1300. The van der Waals surface area contributed by atoms with Crippen LogP contribution in [0.5, 0.6) is 17.4 Å². The largest absolute Gasteiger partial charge is 0.489 e. The van der Waals surface area contributed by atoms with Crippen LogP contribution in [-0.4, -0.2) is 59.4 Å². The second-order valence-corrected chi connectivity index (χ2v) is 10.4. The Morgan fingerprint density at radius 2 is 1.95 bits per heavy atom. The molecule has 10 heteroatoms. The highest BCUT2D eigenvalue weighted by atomic mass is 16.5. The van der Waals surface area contributed by atoms with Gasteiger partial charge in [0.1, 0.15) is 35.9 Å². The van der Waals surface area contributed by atoms with Crippen molar-refractivity contribution in [2.24, 2.45) is 5.92 Å². The van der Waals surface area contributed by atoms with E-state index in [2.05, 4.69) is 19.9 Å². The first-order chi connectivity index (χ1) is 18.9. The third-order valence-electron chi connectivity index (χ3n) is 7.03. The van der Waals surface area contributed by atoms with Gasteiger partial charge in [0.25, 0.3) is 5.88 Å². The molecule has 1 aliphatic heterocycles. The van der Waals surface area contributed by atoms with E-state index in [9.17, 15) is 9.59 Å². The fourth-order valence-electron chi connectivity index (χ4n) is 4.65. The molecule has 0 bridgehead atoms. The number of benzene rings is 1. The molecule has 2 aliphatic rings. The van der Waals surface area contributed by atoms with Crippen molar-refractivity contribution >= 4 is 17.4 Å². The summed E-state index contributed by atoms with van der Waals surface area (Å²) in [6.07, 6.45) is 6.48. The number of Topliss-reactive ketones (excluding diaryl/α,β-unsaturated/α-hetero) is 2. The third-order valence-corrected chi connectivity index (χ3v) is 7.03. The fraction of sp³-hybridized carbons (Fsp3) is 0.483. The third kappa shape index (κ3) is 6.74. The lowest BCUT2D eigenvalue weighted by molar-refractivity contribution is -0.116. The van der Waals surface area contributed by atoms with E-state index in [1.165, 1.54) is 32.4 Å². The first kappa shape index (κ1) is 26.6. The molecule has 206 valence electrons. The minimum Gasteiger partial charge on any atom is -0.489 e. The summed E-state index contributed by atoms with van der Waals surface area (Å²) in [7, 11) is 1.61. The molecule has 1 aromatic carbocycles. The first-order valence-corrected chi connectivity index (χ1v) is 13.4. The molecule has 10 nitrogen and oxygen atoms in total. The van der Waals surface area contributed by atoms with Gasteiger partial charge in [-0.2, -0.15) is 4.98 Å². The maximum absolute atomic E-state index is 12.6. The SMILES string of the molecule is COc1c(OCC2CC2)ncnc1N1CC[C@@H](Oc2ccc([C@H](C)CC(=O)c3coc(CC(C)=O)n3)cc2)C1. The highest BCUT2D eigenvalue weighted by Crippen LogP contribution is 2.37. The van der Waals surface area contributed by atoms with E-state index < -0.39 is 0 Å². The summed E-state index contributed by atoms with van der Waals surface area (Å²) >= 11 is 0. The van der Waals surface area contributed by atoms with Crippen LogP contribution in [0.3, 0.4) is 0 Å². The van der Waals surface area contributed by atoms with Gasteiger partial charge >= 0.3 is 0 Å². The second-order valence-electron chi connectivity index (χ2n) is 10.4. The van der Waals surface area contributed by atoms with Gasteiger partial charge in [-0.25, -0.2) is 9.97 Å². The second kappa shape index (κ2) is 11.8. The van der Waals surface area contributed by atoms with Crippen LogP contribution in [0.25, 0.3) is 0 Å². The van der Waals surface area contributed by atoms with Gasteiger partial charge in [0, 0.05) is 19.4 Å². The molecule has 2 aromatic heterocycles. The maximum atomic E-state index is 12.6. The van der Waals surface area contributed by atoms with E-state index in [0.717, 1.165) is 30.1 Å². The molecule has 0 spiro atoms. The Balaban J connectivity index is 1.15. The van der Waals surface area contributed by atoms with Crippen LogP contribution in [0.1, 0.15) is 67.4 Å². The number of hydrogen-bond donors (Lipinski definition) is 0. The predicted octanol–water partition coefficient (Wildman–Crippen LogP) is 4.43. The van der Waals surface area contributed by atoms with Crippen molar-refractivity contribution in [1.29, 1.82) is 0 Å². The van der Waals surface area contributed by atoms with Crippen LogP contribution in [0.2, 0.25) is 0 Å². The van der Waals surface area contributed by atoms with Crippen LogP contribution in [0.4, 0.5) is 5.82 Å². The average Bonchev–Trinajstić information content (AvgIpc) is 3.44.